The summed E-state index contributed by atoms with van der Waals surface area (Å²) in [7, 11) is 9.05. The maximum atomic E-state index is 7.07. The van der Waals surface area contributed by atoms with Gasteiger partial charge in [-0.05, 0) is 18.6 Å². The van der Waals surface area contributed by atoms with Crippen molar-refractivity contribution in [1.82, 2.24) is 0 Å². The fourth-order valence-corrected chi connectivity index (χ4v) is 1.30. The van der Waals surface area contributed by atoms with E-state index in [0.717, 1.165) is 5.56 Å². The number of nitrogens with zero attached hydrogens (tertiary/aromatic N) is 1. The number of anilines is 1. The second kappa shape index (κ2) is 4.13. The molecule has 1 aromatic rings. The van der Waals surface area contributed by atoms with Crippen molar-refractivity contribution in [3.05, 3.63) is 11.6 Å². The second-order valence-corrected chi connectivity index (χ2v) is 2.88. The van der Waals surface area contributed by atoms with Crippen molar-refractivity contribution in [2.75, 3.05) is 19.5 Å². The fraction of sp³-hybridized carbons (Fsp3) is 0.333. The lowest BCUT2D eigenvalue weighted by atomic mass is 9.89. The lowest BCUT2D eigenvalue weighted by molar-refractivity contribution is 0.417. The summed E-state index contributed by atoms with van der Waals surface area (Å²) in [6.45, 7) is 1.82. The average Bonchev–Trinajstić information content (AvgIpc) is 2.20. The highest BCUT2D eigenvalue weighted by molar-refractivity contribution is 6.34. The molecule has 0 saturated heterocycles. The highest BCUT2D eigenvalue weighted by Crippen LogP contribution is 2.35. The van der Waals surface area contributed by atoms with Crippen LogP contribution in [-0.2, 0) is 0 Å². The Labute approximate surface area is 84.6 Å². The molecule has 0 bridgehead atoms. The van der Waals surface area contributed by atoms with Gasteiger partial charge in [-0.3, -0.25) is 0 Å². The zero-order valence-electron chi connectivity index (χ0n) is 8.51. The summed E-state index contributed by atoms with van der Waals surface area (Å²) in [4.78, 5) is 0. The van der Waals surface area contributed by atoms with Gasteiger partial charge < -0.3 is 10.1 Å². The van der Waals surface area contributed by atoms with Gasteiger partial charge in [0.15, 0.2) is 0 Å². The highest BCUT2D eigenvalue weighted by Gasteiger charge is 2.12. The van der Waals surface area contributed by atoms with Crippen LogP contribution in [0, 0.1) is 12.5 Å². The standard InChI is InChI=1S/C9H12BN3O/c1-5-6(10)4-7(14-3)9(12-2)8(5)13-11/h4,11-12H,1-3H3. The summed E-state index contributed by atoms with van der Waals surface area (Å²) in [5.74, 6) is 0.599. The molecule has 0 atom stereocenters. The van der Waals surface area contributed by atoms with E-state index >= 15 is 0 Å². The Morgan fingerprint density at radius 2 is 2.21 bits per heavy atom. The summed E-state index contributed by atoms with van der Waals surface area (Å²) in [6.07, 6.45) is 0. The van der Waals surface area contributed by atoms with Crippen LogP contribution >= 0.6 is 0 Å². The van der Waals surface area contributed by atoms with E-state index in [0.29, 0.717) is 22.6 Å². The van der Waals surface area contributed by atoms with Gasteiger partial charge in [-0.15, -0.1) is 0 Å². The SMILES string of the molecule is [B]c1cc(OC)c(NC)c(N=N)c1C. The van der Waals surface area contributed by atoms with Gasteiger partial charge in [0.1, 0.15) is 25.0 Å². The first-order chi connectivity index (χ1) is 6.65. The Balaban J connectivity index is 3.49. The largest absolute Gasteiger partial charge is 0.495 e. The monoisotopic (exact) mass is 189 g/mol. The third-order valence-corrected chi connectivity index (χ3v) is 2.14. The number of rotatable bonds is 3. The van der Waals surface area contributed by atoms with Gasteiger partial charge in [0.05, 0.1) is 7.11 Å². The van der Waals surface area contributed by atoms with Gasteiger partial charge in [0.2, 0.25) is 0 Å². The van der Waals surface area contributed by atoms with Gasteiger partial charge in [-0.1, -0.05) is 5.46 Å². The van der Waals surface area contributed by atoms with E-state index in [2.05, 4.69) is 10.4 Å². The molecular weight excluding hydrogens is 177 g/mol. The molecule has 0 aliphatic carbocycles. The maximum absolute atomic E-state index is 7.07. The number of hydrogen-bond acceptors (Lipinski definition) is 4. The van der Waals surface area contributed by atoms with Crippen molar-refractivity contribution in [2.45, 2.75) is 6.92 Å². The van der Waals surface area contributed by atoms with E-state index in [1.54, 1.807) is 20.2 Å². The molecule has 72 valence electrons. The molecule has 0 heterocycles. The van der Waals surface area contributed by atoms with Gasteiger partial charge >= 0.3 is 0 Å². The third kappa shape index (κ3) is 1.57. The first kappa shape index (κ1) is 10.6. The Kier molecular flexibility index (Phi) is 3.12. The van der Waals surface area contributed by atoms with Crippen LogP contribution in [0.15, 0.2) is 11.2 Å². The predicted octanol–water partition coefficient (Wildman–Crippen LogP) is 1.50. The number of ether oxygens (including phenoxy) is 1. The van der Waals surface area contributed by atoms with Crippen molar-refractivity contribution >= 4 is 24.7 Å². The molecular formula is C9H12BN3O. The van der Waals surface area contributed by atoms with E-state index in [1.807, 2.05) is 6.92 Å². The molecule has 14 heavy (non-hydrogen) atoms. The lowest BCUT2D eigenvalue weighted by Gasteiger charge is -2.14. The Bertz CT molecular complexity index is 366. The Morgan fingerprint density at radius 1 is 1.57 bits per heavy atom. The highest BCUT2D eigenvalue weighted by atomic mass is 16.5. The number of nitrogens with one attached hydrogen (secondary N) is 2. The smallest absolute Gasteiger partial charge is 0.143 e. The quantitative estimate of drug-likeness (QED) is 0.559. The van der Waals surface area contributed by atoms with E-state index < -0.39 is 0 Å². The summed E-state index contributed by atoms with van der Waals surface area (Å²) in [5, 5.41) is 6.38. The number of hydrogen-bond donors (Lipinski definition) is 2. The minimum absolute atomic E-state index is 0.518. The minimum Gasteiger partial charge on any atom is -0.495 e. The van der Waals surface area contributed by atoms with Crippen LogP contribution in [0.3, 0.4) is 0 Å². The lowest BCUT2D eigenvalue weighted by Crippen LogP contribution is -2.10. The molecule has 0 amide bonds. The van der Waals surface area contributed by atoms with Crippen LogP contribution in [0.2, 0.25) is 0 Å². The predicted molar refractivity (Wildman–Crippen MR) is 57.5 cm³/mol. The zero-order valence-corrected chi connectivity index (χ0v) is 8.51. The molecule has 0 unspecified atom stereocenters. The van der Waals surface area contributed by atoms with Crippen LogP contribution in [-0.4, -0.2) is 22.0 Å². The molecule has 0 aliphatic heterocycles. The van der Waals surface area contributed by atoms with Crippen LogP contribution in [0.4, 0.5) is 11.4 Å². The van der Waals surface area contributed by atoms with E-state index in [4.69, 9.17) is 18.1 Å². The summed E-state index contributed by atoms with van der Waals surface area (Å²) >= 11 is 0. The van der Waals surface area contributed by atoms with E-state index in [9.17, 15) is 0 Å². The average molecular weight is 189 g/mol. The van der Waals surface area contributed by atoms with Gasteiger partial charge in [0.25, 0.3) is 0 Å². The Morgan fingerprint density at radius 3 is 2.64 bits per heavy atom. The minimum atomic E-state index is 0.518. The van der Waals surface area contributed by atoms with Crippen LogP contribution in [0.1, 0.15) is 5.56 Å². The fourth-order valence-electron chi connectivity index (χ4n) is 1.30. The van der Waals surface area contributed by atoms with Gasteiger partial charge in [0, 0.05) is 7.05 Å². The maximum Gasteiger partial charge on any atom is 0.143 e. The molecule has 1 aromatic carbocycles. The Hall–Kier alpha value is -1.52. The third-order valence-electron chi connectivity index (χ3n) is 2.14. The normalized spacial score (nSPS) is 9.64. The molecule has 0 spiro atoms. The topological polar surface area (TPSA) is 57.5 Å². The zero-order chi connectivity index (χ0) is 10.7. The van der Waals surface area contributed by atoms with Crippen molar-refractivity contribution in [3.8, 4) is 5.75 Å². The first-order valence-corrected chi connectivity index (χ1v) is 4.18. The molecule has 2 radical (unpaired) electrons. The van der Waals surface area contributed by atoms with Gasteiger partial charge in [-0.25, -0.2) is 5.53 Å². The van der Waals surface area contributed by atoms with Crippen LogP contribution in [0.5, 0.6) is 5.75 Å². The van der Waals surface area contributed by atoms with E-state index in [1.165, 1.54) is 0 Å². The van der Waals surface area contributed by atoms with Crippen molar-refractivity contribution < 1.29 is 4.74 Å². The molecule has 5 heteroatoms. The van der Waals surface area contributed by atoms with Crippen molar-refractivity contribution in [3.63, 3.8) is 0 Å². The van der Waals surface area contributed by atoms with Crippen LogP contribution < -0.4 is 15.5 Å². The summed E-state index contributed by atoms with van der Waals surface area (Å²) in [6, 6.07) is 1.72. The van der Waals surface area contributed by atoms with Crippen LogP contribution in [0.25, 0.3) is 0 Å². The molecule has 0 fully saturated rings. The molecule has 0 saturated carbocycles. The molecule has 4 nitrogen and oxygen atoms in total. The molecule has 0 aliphatic rings. The molecule has 0 aromatic heterocycles. The summed E-state index contributed by atoms with van der Waals surface area (Å²) in [5.41, 5.74) is 9.64. The molecule has 1 rings (SSSR count). The number of benzene rings is 1. The summed E-state index contributed by atoms with van der Waals surface area (Å²) < 4.78 is 5.13. The first-order valence-electron chi connectivity index (χ1n) is 4.18. The second-order valence-electron chi connectivity index (χ2n) is 2.88. The van der Waals surface area contributed by atoms with E-state index in [-0.39, 0.29) is 0 Å². The van der Waals surface area contributed by atoms with Crippen molar-refractivity contribution in [1.29, 1.82) is 5.53 Å². The van der Waals surface area contributed by atoms with Crippen molar-refractivity contribution in [2.24, 2.45) is 5.11 Å². The number of methoxy groups -OCH3 is 1. The molecule has 2 N–H and O–H groups in total. The van der Waals surface area contributed by atoms with Gasteiger partial charge in [-0.2, -0.15) is 5.11 Å².